The molecule has 2 heterocycles. The fourth-order valence-corrected chi connectivity index (χ4v) is 1.14. The van der Waals surface area contributed by atoms with Gasteiger partial charge in [0.1, 0.15) is 0 Å². The quantitative estimate of drug-likeness (QED) is 0.673. The first kappa shape index (κ1) is 8.85. The smallest absolute Gasteiger partial charge is 0.394 e. The van der Waals surface area contributed by atoms with Crippen LogP contribution in [0, 0.1) is 6.92 Å². The second-order valence-electron chi connectivity index (χ2n) is 2.80. The van der Waals surface area contributed by atoms with Crippen LogP contribution in [0.3, 0.4) is 0 Å². The third kappa shape index (κ3) is 1.03. The summed E-state index contributed by atoms with van der Waals surface area (Å²) in [5.74, 6) is -1.10. The number of nitrogen functional groups attached to an aromatic ring is 1. The van der Waals surface area contributed by atoms with Crippen LogP contribution < -0.4 is 5.73 Å². The van der Waals surface area contributed by atoms with Crippen LogP contribution in [0.15, 0.2) is 0 Å². The van der Waals surface area contributed by atoms with Gasteiger partial charge in [0, 0.05) is 0 Å². The van der Waals surface area contributed by atoms with E-state index in [-0.39, 0.29) is 11.3 Å². The van der Waals surface area contributed by atoms with E-state index in [0.29, 0.717) is 10.2 Å². The van der Waals surface area contributed by atoms with E-state index >= 15 is 0 Å². The van der Waals surface area contributed by atoms with Crippen molar-refractivity contribution >= 4 is 11.3 Å². The summed E-state index contributed by atoms with van der Waals surface area (Å²) in [6, 6.07) is 0. The zero-order valence-corrected chi connectivity index (χ0v) is 7.05. The van der Waals surface area contributed by atoms with Gasteiger partial charge in [0.2, 0.25) is 0 Å². The molecule has 0 aliphatic rings. The summed E-state index contributed by atoms with van der Waals surface area (Å²) in [6.07, 6.45) is -4.54. The monoisotopic (exact) mass is 205 g/mol. The normalized spacial score (nSPS) is 12.6. The molecule has 2 rings (SSSR count). The fourth-order valence-electron chi connectivity index (χ4n) is 1.14. The first-order valence-corrected chi connectivity index (χ1v) is 3.67. The maximum absolute atomic E-state index is 12.3. The van der Waals surface area contributed by atoms with E-state index in [2.05, 4.69) is 15.3 Å². The Kier molecular flexibility index (Phi) is 1.52. The highest BCUT2D eigenvalue weighted by molar-refractivity contribution is 5.66. The predicted octanol–water partition coefficient (Wildman–Crippen LogP) is 0.967. The predicted molar refractivity (Wildman–Crippen MR) is 41.5 cm³/mol. The van der Waals surface area contributed by atoms with Crippen molar-refractivity contribution < 1.29 is 13.2 Å². The molecule has 5 nitrogen and oxygen atoms in total. The number of aryl methyl sites for hydroxylation is 1. The van der Waals surface area contributed by atoms with Crippen LogP contribution >= 0.6 is 0 Å². The number of fused-ring (bicyclic) bond motifs is 1. The Morgan fingerprint density at radius 1 is 1.43 bits per heavy atom. The van der Waals surface area contributed by atoms with Crippen molar-refractivity contribution in [3.63, 3.8) is 0 Å². The summed E-state index contributed by atoms with van der Waals surface area (Å²) in [4.78, 5) is 0. The van der Waals surface area contributed by atoms with Gasteiger partial charge < -0.3 is 5.73 Å². The van der Waals surface area contributed by atoms with Crippen LogP contribution in [0.4, 0.5) is 18.9 Å². The molecule has 2 aromatic rings. The number of nitrogens with two attached hydrogens (primary N) is 1. The number of anilines is 1. The van der Waals surface area contributed by atoms with Crippen molar-refractivity contribution in [2.45, 2.75) is 13.1 Å². The first-order valence-electron chi connectivity index (χ1n) is 3.67. The molecule has 0 saturated heterocycles. The lowest BCUT2D eigenvalue weighted by Crippen LogP contribution is -2.11. The second-order valence-corrected chi connectivity index (χ2v) is 2.80. The van der Waals surface area contributed by atoms with Gasteiger partial charge in [-0.2, -0.15) is 22.8 Å². The zero-order valence-electron chi connectivity index (χ0n) is 7.05. The van der Waals surface area contributed by atoms with Crippen molar-refractivity contribution in [3.05, 3.63) is 11.5 Å². The number of aromatic amines is 1. The summed E-state index contributed by atoms with van der Waals surface area (Å²) in [5, 5.41) is 8.91. The van der Waals surface area contributed by atoms with Crippen LogP contribution in [0.5, 0.6) is 0 Å². The van der Waals surface area contributed by atoms with E-state index in [4.69, 9.17) is 5.73 Å². The van der Waals surface area contributed by atoms with Crippen LogP contribution in [-0.4, -0.2) is 19.8 Å². The first-order chi connectivity index (χ1) is 6.41. The third-order valence-electron chi connectivity index (χ3n) is 1.83. The fraction of sp³-hybridized carbons (Fsp3) is 0.333. The van der Waals surface area contributed by atoms with E-state index in [1.807, 2.05) is 0 Å². The highest BCUT2D eigenvalue weighted by Crippen LogP contribution is 2.29. The minimum atomic E-state index is -4.54. The molecule has 0 bridgehead atoms. The van der Waals surface area contributed by atoms with Crippen LogP contribution in [-0.2, 0) is 6.18 Å². The summed E-state index contributed by atoms with van der Waals surface area (Å²) in [7, 11) is 0. The maximum Gasteiger partial charge on any atom is 0.453 e. The number of H-pyrrole nitrogens is 1. The molecule has 0 aliphatic carbocycles. The number of rotatable bonds is 0. The van der Waals surface area contributed by atoms with Gasteiger partial charge in [-0.05, 0) is 6.92 Å². The molecular weight excluding hydrogens is 199 g/mol. The molecule has 0 aliphatic heterocycles. The number of aromatic nitrogens is 4. The molecule has 14 heavy (non-hydrogen) atoms. The molecule has 0 spiro atoms. The van der Waals surface area contributed by atoms with Gasteiger partial charge in [0.25, 0.3) is 5.82 Å². The number of nitrogens with one attached hydrogen (secondary N) is 1. The number of alkyl halides is 3. The maximum atomic E-state index is 12.3. The summed E-state index contributed by atoms with van der Waals surface area (Å²) in [6.45, 7) is 1.52. The molecule has 0 aromatic carbocycles. The van der Waals surface area contributed by atoms with Gasteiger partial charge in [0.05, 0.1) is 11.4 Å². The molecule has 0 saturated carbocycles. The molecule has 0 radical (unpaired) electrons. The Morgan fingerprint density at radius 2 is 2.07 bits per heavy atom. The lowest BCUT2D eigenvalue weighted by molar-refractivity contribution is -0.146. The largest absolute Gasteiger partial charge is 0.453 e. The standard InChI is InChI=1S/C6H6F3N5/c1-2-3(10)4-11-12-5(6(7,8)9)14(4)13-2/h11H,10H2,1H3. The van der Waals surface area contributed by atoms with Gasteiger partial charge in [0.15, 0.2) is 5.65 Å². The third-order valence-corrected chi connectivity index (χ3v) is 1.83. The topological polar surface area (TPSA) is 72.0 Å². The molecule has 0 amide bonds. The highest BCUT2D eigenvalue weighted by Gasteiger charge is 2.38. The zero-order chi connectivity index (χ0) is 10.5. The summed E-state index contributed by atoms with van der Waals surface area (Å²) < 4.78 is 37.6. The Bertz CT molecular complexity index is 479. The SMILES string of the molecule is Cc1nn2c(C(F)(F)F)n[nH]c2c1N. The van der Waals surface area contributed by atoms with E-state index in [1.165, 1.54) is 6.92 Å². The van der Waals surface area contributed by atoms with Gasteiger partial charge in [-0.3, -0.25) is 5.10 Å². The van der Waals surface area contributed by atoms with Gasteiger partial charge in [-0.25, -0.2) is 0 Å². The number of hydrogen-bond donors (Lipinski definition) is 2. The summed E-state index contributed by atoms with van der Waals surface area (Å²) >= 11 is 0. The Balaban J connectivity index is 2.76. The molecule has 76 valence electrons. The number of halogens is 3. The Labute approximate surface area is 75.7 Å². The minimum absolute atomic E-state index is 0.0647. The van der Waals surface area contributed by atoms with Crippen molar-refractivity contribution in [1.29, 1.82) is 0 Å². The second kappa shape index (κ2) is 2.40. The van der Waals surface area contributed by atoms with E-state index in [0.717, 1.165) is 0 Å². The average Bonchev–Trinajstić information content (AvgIpc) is 2.54. The lowest BCUT2D eigenvalue weighted by Gasteiger charge is -2.00. The molecular formula is C6H6F3N5. The number of hydrogen-bond acceptors (Lipinski definition) is 3. The summed E-state index contributed by atoms with van der Waals surface area (Å²) in [5.41, 5.74) is 6.05. The Morgan fingerprint density at radius 3 is 2.64 bits per heavy atom. The van der Waals surface area contributed by atoms with Gasteiger partial charge in [-0.1, -0.05) is 0 Å². The Hall–Kier alpha value is -1.73. The molecule has 2 aromatic heterocycles. The average molecular weight is 205 g/mol. The van der Waals surface area contributed by atoms with E-state index in [1.54, 1.807) is 0 Å². The van der Waals surface area contributed by atoms with Gasteiger partial charge >= 0.3 is 6.18 Å². The molecule has 3 N–H and O–H groups in total. The molecule has 0 unspecified atom stereocenters. The van der Waals surface area contributed by atoms with Gasteiger partial charge in [-0.15, -0.1) is 5.10 Å². The van der Waals surface area contributed by atoms with Crippen molar-refractivity contribution in [2.75, 3.05) is 5.73 Å². The molecule has 0 fully saturated rings. The van der Waals surface area contributed by atoms with Crippen LogP contribution in [0.2, 0.25) is 0 Å². The highest BCUT2D eigenvalue weighted by atomic mass is 19.4. The van der Waals surface area contributed by atoms with Crippen LogP contribution in [0.1, 0.15) is 11.5 Å². The van der Waals surface area contributed by atoms with Crippen molar-refractivity contribution in [1.82, 2.24) is 19.8 Å². The lowest BCUT2D eigenvalue weighted by atomic mass is 10.4. The van der Waals surface area contributed by atoms with Crippen molar-refractivity contribution in [2.24, 2.45) is 0 Å². The van der Waals surface area contributed by atoms with E-state index in [9.17, 15) is 13.2 Å². The van der Waals surface area contributed by atoms with Crippen LogP contribution in [0.25, 0.3) is 5.65 Å². The molecule has 8 heteroatoms. The molecule has 0 atom stereocenters. The number of nitrogens with zero attached hydrogens (tertiary/aromatic N) is 3. The van der Waals surface area contributed by atoms with E-state index < -0.39 is 12.0 Å². The van der Waals surface area contributed by atoms with Crippen molar-refractivity contribution in [3.8, 4) is 0 Å². The minimum Gasteiger partial charge on any atom is -0.394 e.